The highest BCUT2D eigenvalue weighted by Crippen LogP contribution is 2.34. The van der Waals surface area contributed by atoms with Crippen molar-refractivity contribution in [2.24, 2.45) is 0 Å². The van der Waals surface area contributed by atoms with Gasteiger partial charge in [-0.15, -0.1) is 0 Å². The maximum Gasteiger partial charge on any atom is 0.299 e. The zero-order valence-electron chi connectivity index (χ0n) is 11.0. The first-order valence-corrected chi connectivity index (χ1v) is 7.09. The smallest absolute Gasteiger partial charge is 0.299 e. The fourth-order valence-corrected chi connectivity index (χ4v) is 2.79. The van der Waals surface area contributed by atoms with Crippen LogP contribution in [-0.4, -0.2) is 31.4 Å². The van der Waals surface area contributed by atoms with Crippen LogP contribution in [0.3, 0.4) is 0 Å². The second-order valence-corrected chi connectivity index (χ2v) is 5.43. The molecule has 1 amide bonds. The zero-order valence-corrected chi connectivity index (χ0v) is 12.6. The van der Waals surface area contributed by atoms with Crippen molar-refractivity contribution in [1.29, 1.82) is 0 Å². The molecular formula is C14H16BrNO3. The normalized spacial score (nSPS) is 14.2. The summed E-state index contributed by atoms with van der Waals surface area (Å²) < 4.78 is 6.21. The summed E-state index contributed by atoms with van der Waals surface area (Å²) in [5, 5.41) is 0. The lowest BCUT2D eigenvalue weighted by atomic mass is 10.1. The van der Waals surface area contributed by atoms with Gasteiger partial charge >= 0.3 is 0 Å². The molecule has 1 aromatic rings. The molecule has 0 saturated carbocycles. The molecule has 0 bridgehead atoms. The first-order valence-electron chi connectivity index (χ1n) is 6.30. The highest BCUT2D eigenvalue weighted by Gasteiger charge is 2.36. The lowest BCUT2D eigenvalue weighted by molar-refractivity contribution is -0.114. The number of hydrogen-bond acceptors (Lipinski definition) is 3. The Morgan fingerprint density at radius 1 is 1.26 bits per heavy atom. The van der Waals surface area contributed by atoms with Crippen molar-refractivity contribution in [3.05, 3.63) is 27.7 Å². The van der Waals surface area contributed by atoms with E-state index in [9.17, 15) is 9.59 Å². The van der Waals surface area contributed by atoms with Crippen LogP contribution in [-0.2, 0) is 9.53 Å². The number of anilines is 1. The van der Waals surface area contributed by atoms with Gasteiger partial charge in [0.1, 0.15) is 0 Å². The first kappa shape index (κ1) is 14.2. The zero-order chi connectivity index (χ0) is 14.0. The van der Waals surface area contributed by atoms with Gasteiger partial charge in [-0.2, -0.15) is 0 Å². The Balaban J connectivity index is 2.23. The average Bonchev–Trinajstić information content (AvgIpc) is 2.60. The maximum absolute atomic E-state index is 12.0. The summed E-state index contributed by atoms with van der Waals surface area (Å²) in [5.74, 6) is -0.897. The van der Waals surface area contributed by atoms with E-state index < -0.39 is 11.7 Å². The molecule has 1 aliphatic heterocycles. The van der Waals surface area contributed by atoms with Crippen LogP contribution in [0, 0.1) is 6.92 Å². The number of carbonyl (C=O) groups excluding carboxylic acids is 2. The Bertz CT molecular complexity index is 528. The van der Waals surface area contributed by atoms with Crippen LogP contribution in [0.5, 0.6) is 0 Å². The number of nitrogens with zero attached hydrogens (tertiary/aromatic N) is 1. The van der Waals surface area contributed by atoms with Gasteiger partial charge in [0.05, 0.1) is 17.9 Å². The summed E-state index contributed by atoms with van der Waals surface area (Å²) in [4.78, 5) is 25.5. The van der Waals surface area contributed by atoms with E-state index in [1.54, 1.807) is 6.07 Å². The molecule has 0 N–H and O–H groups in total. The molecule has 0 spiro atoms. The van der Waals surface area contributed by atoms with Crippen molar-refractivity contribution in [2.75, 3.05) is 24.7 Å². The summed E-state index contributed by atoms with van der Waals surface area (Å²) >= 11 is 3.35. The van der Waals surface area contributed by atoms with E-state index in [1.807, 2.05) is 19.9 Å². The molecule has 1 heterocycles. The molecule has 0 aliphatic carbocycles. The molecule has 1 aromatic carbocycles. The molecule has 0 atom stereocenters. The van der Waals surface area contributed by atoms with Crippen molar-refractivity contribution < 1.29 is 14.3 Å². The minimum atomic E-state index is -0.462. The quantitative estimate of drug-likeness (QED) is 0.617. The third-order valence-electron chi connectivity index (χ3n) is 3.03. The van der Waals surface area contributed by atoms with Crippen molar-refractivity contribution in [3.63, 3.8) is 0 Å². The van der Waals surface area contributed by atoms with E-state index in [2.05, 4.69) is 15.9 Å². The standard InChI is InChI=1S/C14H16BrNO3/c1-3-5-19-6-4-16-12-9(2)7-10(15)8-11(12)13(17)14(16)18/h7-8H,3-6H2,1-2H3. The number of ketones is 1. The van der Waals surface area contributed by atoms with E-state index in [1.165, 1.54) is 4.90 Å². The minimum absolute atomic E-state index is 0.417. The number of carbonyl (C=O) groups is 2. The second kappa shape index (κ2) is 5.84. The van der Waals surface area contributed by atoms with Crippen LogP contribution in [0.2, 0.25) is 0 Å². The number of Topliss-reactive ketones (excluding diaryl/α,β-unsaturated/α-hetero) is 1. The highest BCUT2D eigenvalue weighted by molar-refractivity contribution is 9.10. The molecule has 102 valence electrons. The Morgan fingerprint density at radius 2 is 2.00 bits per heavy atom. The fourth-order valence-electron chi connectivity index (χ4n) is 2.22. The monoisotopic (exact) mass is 325 g/mol. The molecule has 19 heavy (non-hydrogen) atoms. The molecule has 0 saturated heterocycles. The topological polar surface area (TPSA) is 46.6 Å². The molecule has 0 aromatic heterocycles. The molecule has 2 rings (SSSR count). The molecule has 0 fully saturated rings. The molecule has 0 radical (unpaired) electrons. The minimum Gasteiger partial charge on any atom is -0.380 e. The molecule has 0 unspecified atom stereocenters. The number of rotatable bonds is 5. The maximum atomic E-state index is 12.0. The average molecular weight is 326 g/mol. The Hall–Kier alpha value is -1.20. The van der Waals surface area contributed by atoms with E-state index in [-0.39, 0.29) is 0 Å². The van der Waals surface area contributed by atoms with Gasteiger partial charge in [-0.1, -0.05) is 22.9 Å². The van der Waals surface area contributed by atoms with Gasteiger partial charge in [0, 0.05) is 17.6 Å². The predicted octanol–water partition coefficient (Wildman–Crippen LogP) is 2.71. The third-order valence-corrected chi connectivity index (χ3v) is 3.48. The van der Waals surface area contributed by atoms with Crippen LogP contribution in [0.1, 0.15) is 29.3 Å². The van der Waals surface area contributed by atoms with Crippen molar-refractivity contribution in [2.45, 2.75) is 20.3 Å². The van der Waals surface area contributed by atoms with Crippen LogP contribution in [0.15, 0.2) is 16.6 Å². The van der Waals surface area contributed by atoms with Crippen LogP contribution < -0.4 is 4.90 Å². The summed E-state index contributed by atoms with van der Waals surface area (Å²) in [6, 6.07) is 3.61. The van der Waals surface area contributed by atoms with E-state index in [0.717, 1.165) is 22.1 Å². The third kappa shape index (κ3) is 2.72. The largest absolute Gasteiger partial charge is 0.380 e. The van der Waals surface area contributed by atoms with Crippen molar-refractivity contribution in [3.8, 4) is 0 Å². The highest BCUT2D eigenvalue weighted by atomic mass is 79.9. The lowest BCUT2D eigenvalue weighted by Gasteiger charge is -2.18. The fraction of sp³-hybridized carbons (Fsp3) is 0.429. The van der Waals surface area contributed by atoms with Gasteiger partial charge in [-0.05, 0) is 31.0 Å². The van der Waals surface area contributed by atoms with Gasteiger partial charge in [-0.3, -0.25) is 9.59 Å². The number of aryl methyl sites for hydroxylation is 1. The first-order chi connectivity index (χ1) is 9.06. The van der Waals surface area contributed by atoms with Gasteiger partial charge in [0.25, 0.3) is 11.7 Å². The van der Waals surface area contributed by atoms with E-state index in [0.29, 0.717) is 25.3 Å². The Labute approximate surface area is 120 Å². The van der Waals surface area contributed by atoms with Crippen LogP contribution >= 0.6 is 15.9 Å². The second-order valence-electron chi connectivity index (χ2n) is 4.52. The van der Waals surface area contributed by atoms with Crippen LogP contribution in [0.4, 0.5) is 5.69 Å². The number of ether oxygens (including phenoxy) is 1. The van der Waals surface area contributed by atoms with Crippen molar-refractivity contribution >= 4 is 33.3 Å². The number of benzene rings is 1. The Morgan fingerprint density at radius 3 is 2.68 bits per heavy atom. The number of fused-ring (bicyclic) bond motifs is 1. The molecular weight excluding hydrogens is 310 g/mol. The van der Waals surface area contributed by atoms with E-state index >= 15 is 0 Å². The summed E-state index contributed by atoms with van der Waals surface area (Å²) in [7, 11) is 0. The van der Waals surface area contributed by atoms with Gasteiger partial charge in [0.15, 0.2) is 0 Å². The SMILES string of the molecule is CCCOCCN1C(=O)C(=O)c2cc(Br)cc(C)c21. The summed E-state index contributed by atoms with van der Waals surface area (Å²) in [6.45, 7) is 5.46. The lowest BCUT2D eigenvalue weighted by Crippen LogP contribution is -2.33. The van der Waals surface area contributed by atoms with Gasteiger partial charge in [-0.25, -0.2) is 0 Å². The Kier molecular flexibility index (Phi) is 4.37. The summed E-state index contributed by atoms with van der Waals surface area (Å²) in [5.41, 5.74) is 2.12. The number of halogens is 1. The molecule has 5 heteroatoms. The predicted molar refractivity (Wildman–Crippen MR) is 76.7 cm³/mol. The van der Waals surface area contributed by atoms with E-state index in [4.69, 9.17) is 4.74 Å². The molecule has 1 aliphatic rings. The number of hydrogen-bond donors (Lipinski definition) is 0. The number of amides is 1. The van der Waals surface area contributed by atoms with Gasteiger partial charge in [0.2, 0.25) is 0 Å². The van der Waals surface area contributed by atoms with Crippen LogP contribution in [0.25, 0.3) is 0 Å². The van der Waals surface area contributed by atoms with Gasteiger partial charge < -0.3 is 9.64 Å². The summed E-state index contributed by atoms with van der Waals surface area (Å²) in [6.07, 6.45) is 0.940. The van der Waals surface area contributed by atoms with Crippen molar-refractivity contribution in [1.82, 2.24) is 0 Å². The molecule has 4 nitrogen and oxygen atoms in total.